The molecule has 0 saturated carbocycles. The van der Waals surface area contributed by atoms with Crippen LogP contribution in [0.3, 0.4) is 0 Å². The predicted molar refractivity (Wildman–Crippen MR) is 90.8 cm³/mol. The van der Waals surface area contributed by atoms with Crippen molar-refractivity contribution >= 4 is 27.7 Å². The molecule has 3 aromatic rings. The summed E-state index contributed by atoms with van der Waals surface area (Å²) in [4.78, 5) is 0. The molecule has 0 radical (unpaired) electrons. The minimum Gasteiger partial charge on any atom is -0.457 e. The van der Waals surface area contributed by atoms with Crippen LogP contribution in [0.2, 0.25) is 0 Å². The molecule has 3 rings (SSSR count). The highest BCUT2D eigenvalue weighted by Crippen LogP contribution is 2.32. The third-order valence-corrected chi connectivity index (χ3v) is 3.82. The number of ether oxygens (including phenoxy) is 1. The van der Waals surface area contributed by atoms with Crippen molar-refractivity contribution in [1.82, 2.24) is 0 Å². The van der Waals surface area contributed by atoms with E-state index in [1.54, 1.807) is 18.2 Å². The lowest BCUT2D eigenvalue weighted by Crippen LogP contribution is -2.05. The number of fused-ring (bicyclic) bond motifs is 1. The summed E-state index contributed by atoms with van der Waals surface area (Å²) in [7, 11) is 0. The Labute approximate surface area is 136 Å². The quantitative estimate of drug-likeness (QED) is 0.624. The van der Waals surface area contributed by atoms with Crippen LogP contribution in [0.15, 0.2) is 60.7 Å². The summed E-state index contributed by atoms with van der Waals surface area (Å²) < 4.78 is 28.2. The zero-order chi connectivity index (χ0) is 16.2. The van der Waals surface area contributed by atoms with Gasteiger partial charge in [-0.25, -0.2) is 4.21 Å². The van der Waals surface area contributed by atoms with Gasteiger partial charge in [0, 0.05) is 17.0 Å². The maximum Gasteiger partial charge on any atom is 0.259 e. The predicted octanol–water partition coefficient (Wildman–Crippen LogP) is 3.67. The molecule has 5 nitrogen and oxygen atoms in total. The van der Waals surface area contributed by atoms with Gasteiger partial charge in [-0.1, -0.05) is 42.5 Å². The molecule has 0 bridgehead atoms. The molecule has 0 saturated heterocycles. The summed E-state index contributed by atoms with van der Waals surface area (Å²) in [5.74, 6) is 1.20. The monoisotopic (exact) mass is 329 g/mol. The van der Waals surface area contributed by atoms with E-state index in [2.05, 4.69) is 4.72 Å². The van der Waals surface area contributed by atoms with E-state index >= 15 is 0 Å². The first-order valence-corrected chi connectivity index (χ1v) is 8.05. The Morgan fingerprint density at radius 2 is 1.83 bits per heavy atom. The van der Waals surface area contributed by atoms with Crippen molar-refractivity contribution < 1.29 is 18.6 Å². The Morgan fingerprint density at radius 3 is 2.61 bits per heavy atom. The van der Waals surface area contributed by atoms with E-state index in [9.17, 15) is 9.32 Å². The van der Waals surface area contributed by atoms with Gasteiger partial charge in [0.2, 0.25) is 0 Å². The number of benzene rings is 3. The first-order valence-electron chi connectivity index (χ1n) is 6.94. The van der Waals surface area contributed by atoms with E-state index in [1.807, 2.05) is 42.5 Å². The van der Waals surface area contributed by atoms with Crippen molar-refractivity contribution in [3.05, 3.63) is 66.2 Å². The molecule has 3 N–H and O–H groups in total. The lowest BCUT2D eigenvalue weighted by atomic mass is 10.1. The molecule has 3 aromatic carbocycles. The lowest BCUT2D eigenvalue weighted by Gasteiger charge is -2.12. The number of rotatable bonds is 5. The highest BCUT2D eigenvalue weighted by molar-refractivity contribution is 7.80. The van der Waals surface area contributed by atoms with Gasteiger partial charge in [0.1, 0.15) is 11.5 Å². The first-order chi connectivity index (χ1) is 11.2. The normalized spacial score (nSPS) is 12.1. The fraction of sp³-hybridized carbons (Fsp3) is 0.0588. The van der Waals surface area contributed by atoms with Crippen LogP contribution in [0, 0.1) is 0 Å². The Bertz CT molecular complexity index is 861. The van der Waals surface area contributed by atoms with E-state index in [0.29, 0.717) is 22.7 Å². The largest absolute Gasteiger partial charge is 0.457 e. The highest BCUT2D eigenvalue weighted by atomic mass is 32.2. The lowest BCUT2D eigenvalue weighted by molar-refractivity contribution is 0.282. The third-order valence-electron chi connectivity index (χ3n) is 3.43. The van der Waals surface area contributed by atoms with E-state index in [1.165, 1.54) is 0 Å². The Kier molecular flexibility index (Phi) is 4.57. The molecule has 1 atom stereocenters. The van der Waals surface area contributed by atoms with Gasteiger partial charge in [-0.05, 0) is 17.5 Å². The van der Waals surface area contributed by atoms with Crippen LogP contribution in [0.4, 0.5) is 5.69 Å². The van der Waals surface area contributed by atoms with Gasteiger partial charge in [-0.2, -0.15) is 0 Å². The summed E-state index contributed by atoms with van der Waals surface area (Å²) in [6.45, 7) is -0.242. The number of hydrogen-bond acceptors (Lipinski definition) is 3. The van der Waals surface area contributed by atoms with Gasteiger partial charge in [0.25, 0.3) is 11.3 Å². The maximum absolute atomic E-state index is 11.0. The van der Waals surface area contributed by atoms with Crippen LogP contribution in [-0.2, 0) is 17.9 Å². The maximum atomic E-state index is 11.0. The van der Waals surface area contributed by atoms with Gasteiger partial charge in [-0.15, -0.1) is 0 Å². The molecule has 1 unspecified atom stereocenters. The molecule has 0 heterocycles. The van der Waals surface area contributed by atoms with Crippen LogP contribution >= 0.6 is 0 Å². The van der Waals surface area contributed by atoms with Crippen molar-refractivity contribution in [1.29, 1.82) is 0 Å². The number of aliphatic hydroxyl groups excluding tert-OH is 1. The molecule has 0 spiro atoms. The van der Waals surface area contributed by atoms with E-state index in [4.69, 9.17) is 9.29 Å². The van der Waals surface area contributed by atoms with Gasteiger partial charge in [0.05, 0.1) is 12.3 Å². The molecule has 0 aliphatic carbocycles. The summed E-state index contributed by atoms with van der Waals surface area (Å²) in [6, 6.07) is 18.6. The fourth-order valence-corrected chi connectivity index (χ4v) is 2.74. The minimum atomic E-state index is -2.22. The van der Waals surface area contributed by atoms with Crippen molar-refractivity contribution in [2.45, 2.75) is 6.61 Å². The number of aliphatic hydroxyl groups is 1. The summed E-state index contributed by atoms with van der Waals surface area (Å²) >= 11 is -2.22. The second kappa shape index (κ2) is 6.78. The second-order valence-electron chi connectivity index (χ2n) is 4.91. The summed E-state index contributed by atoms with van der Waals surface area (Å²) in [5.41, 5.74) is 0.865. The highest BCUT2D eigenvalue weighted by Gasteiger charge is 2.08. The average molecular weight is 329 g/mol. The Balaban J connectivity index is 1.97. The topological polar surface area (TPSA) is 78.8 Å². The Hall–Kier alpha value is -2.41. The van der Waals surface area contributed by atoms with Crippen molar-refractivity contribution in [2.24, 2.45) is 0 Å². The number of nitrogens with one attached hydrogen (secondary N) is 1. The summed E-state index contributed by atoms with van der Waals surface area (Å²) in [6.07, 6.45) is 0. The molecule has 0 fully saturated rings. The van der Waals surface area contributed by atoms with E-state index in [-0.39, 0.29) is 6.61 Å². The summed E-state index contributed by atoms with van der Waals surface area (Å²) in [5, 5.41) is 11.3. The van der Waals surface area contributed by atoms with E-state index in [0.717, 1.165) is 10.8 Å². The third kappa shape index (κ3) is 3.50. The Morgan fingerprint density at radius 1 is 1.04 bits per heavy atom. The van der Waals surface area contributed by atoms with Gasteiger partial charge >= 0.3 is 0 Å². The van der Waals surface area contributed by atoms with E-state index < -0.39 is 11.3 Å². The van der Waals surface area contributed by atoms with Crippen LogP contribution in [0.25, 0.3) is 10.8 Å². The molecular formula is C17H15NO4S. The molecule has 0 amide bonds. The zero-order valence-electron chi connectivity index (χ0n) is 12.1. The molecule has 118 valence electrons. The van der Waals surface area contributed by atoms with Crippen molar-refractivity contribution in [2.75, 3.05) is 4.72 Å². The van der Waals surface area contributed by atoms with Crippen molar-refractivity contribution in [3.8, 4) is 11.5 Å². The SMILES string of the molecule is O=S(O)Nc1cc(Oc2cccc3ccccc23)ccc1CO. The fourth-order valence-electron chi connectivity index (χ4n) is 2.36. The molecule has 23 heavy (non-hydrogen) atoms. The molecular weight excluding hydrogens is 314 g/mol. The minimum absolute atomic E-state index is 0.242. The first kappa shape index (κ1) is 15.5. The molecule has 6 heteroatoms. The molecule has 0 aromatic heterocycles. The zero-order valence-corrected chi connectivity index (χ0v) is 12.9. The second-order valence-corrected chi connectivity index (χ2v) is 5.61. The smallest absolute Gasteiger partial charge is 0.259 e. The van der Waals surface area contributed by atoms with Crippen molar-refractivity contribution in [3.63, 3.8) is 0 Å². The van der Waals surface area contributed by atoms with Gasteiger partial charge in [-0.3, -0.25) is 9.27 Å². The molecule has 0 aliphatic heterocycles. The van der Waals surface area contributed by atoms with Crippen LogP contribution < -0.4 is 9.46 Å². The van der Waals surface area contributed by atoms with Crippen LogP contribution in [0.1, 0.15) is 5.56 Å². The van der Waals surface area contributed by atoms with Crippen LogP contribution in [-0.4, -0.2) is 13.9 Å². The van der Waals surface area contributed by atoms with Gasteiger partial charge < -0.3 is 9.84 Å². The average Bonchev–Trinajstić information content (AvgIpc) is 2.55. The van der Waals surface area contributed by atoms with Crippen LogP contribution in [0.5, 0.6) is 11.5 Å². The number of hydrogen-bond donors (Lipinski definition) is 3. The number of anilines is 1. The standard InChI is InChI=1S/C17H15NO4S/c19-11-13-8-9-14(10-16(13)18-23(20)21)22-17-7-3-5-12-4-1-2-6-15(12)17/h1-10,18-19H,11H2,(H,20,21). The van der Waals surface area contributed by atoms with Gasteiger partial charge in [0.15, 0.2) is 0 Å². The molecule has 0 aliphatic rings.